The van der Waals surface area contributed by atoms with E-state index in [-0.39, 0.29) is 0 Å². The Hall–Kier alpha value is -1.90. The van der Waals surface area contributed by atoms with Crippen molar-refractivity contribution in [3.63, 3.8) is 0 Å². The smallest absolute Gasteiger partial charge is 0.132 e. The van der Waals surface area contributed by atoms with E-state index in [2.05, 4.69) is 57.1 Å². The molecule has 0 aliphatic carbocycles. The normalized spacial score (nSPS) is 10.8. The van der Waals surface area contributed by atoms with Gasteiger partial charge in [0.1, 0.15) is 11.6 Å². The van der Waals surface area contributed by atoms with Crippen molar-refractivity contribution in [2.45, 2.75) is 47.5 Å². The van der Waals surface area contributed by atoms with Crippen molar-refractivity contribution < 1.29 is 0 Å². The van der Waals surface area contributed by atoms with E-state index in [1.807, 2.05) is 7.05 Å². The van der Waals surface area contributed by atoms with Gasteiger partial charge in [-0.25, -0.2) is 9.97 Å². The number of aromatic nitrogens is 2. The van der Waals surface area contributed by atoms with Crippen molar-refractivity contribution in [1.82, 2.24) is 9.97 Å². The molecule has 0 saturated carbocycles. The first-order valence-corrected chi connectivity index (χ1v) is 7.61. The Balaban J connectivity index is 2.71. The van der Waals surface area contributed by atoms with Crippen molar-refractivity contribution in [1.29, 1.82) is 0 Å². The first kappa shape index (κ1) is 15.5. The molecule has 0 atom stereocenters. The van der Waals surface area contributed by atoms with Gasteiger partial charge in [-0.1, -0.05) is 24.6 Å². The van der Waals surface area contributed by atoms with Gasteiger partial charge in [-0.15, -0.1) is 0 Å². The van der Waals surface area contributed by atoms with E-state index in [0.717, 1.165) is 35.7 Å². The molecule has 0 bridgehead atoms. The molecule has 3 heteroatoms. The number of nitrogens with one attached hydrogen (secondary N) is 1. The van der Waals surface area contributed by atoms with Crippen molar-refractivity contribution in [3.05, 3.63) is 40.2 Å². The lowest BCUT2D eigenvalue weighted by Crippen LogP contribution is -2.06. The largest absolute Gasteiger partial charge is 0.373 e. The number of hydrogen-bond acceptors (Lipinski definition) is 3. The maximum atomic E-state index is 4.84. The van der Waals surface area contributed by atoms with Crippen molar-refractivity contribution in [3.8, 4) is 11.3 Å². The number of aryl methyl sites for hydroxylation is 4. The summed E-state index contributed by atoms with van der Waals surface area (Å²) in [6.07, 6.45) is 1.96. The minimum atomic E-state index is 0.909. The average molecular weight is 283 g/mol. The first-order valence-electron chi connectivity index (χ1n) is 7.61. The summed E-state index contributed by atoms with van der Waals surface area (Å²) in [5.41, 5.74) is 7.27. The number of rotatable bonds is 4. The highest BCUT2D eigenvalue weighted by Gasteiger charge is 2.15. The third-order valence-electron chi connectivity index (χ3n) is 3.82. The van der Waals surface area contributed by atoms with Crippen molar-refractivity contribution >= 4 is 5.82 Å². The maximum Gasteiger partial charge on any atom is 0.132 e. The minimum absolute atomic E-state index is 0.909. The molecule has 3 nitrogen and oxygen atoms in total. The quantitative estimate of drug-likeness (QED) is 0.905. The van der Waals surface area contributed by atoms with Crippen LogP contribution in [0.3, 0.4) is 0 Å². The third-order valence-corrected chi connectivity index (χ3v) is 3.82. The molecule has 112 valence electrons. The predicted octanol–water partition coefficient (Wildman–Crippen LogP) is 4.37. The summed E-state index contributed by atoms with van der Waals surface area (Å²) in [4.78, 5) is 9.46. The summed E-state index contributed by atoms with van der Waals surface area (Å²) in [5.74, 6) is 1.85. The molecular weight excluding hydrogens is 258 g/mol. The first-order chi connectivity index (χ1) is 9.97. The number of hydrogen-bond donors (Lipinski definition) is 1. The molecule has 0 radical (unpaired) electrons. The van der Waals surface area contributed by atoms with Crippen LogP contribution in [0.2, 0.25) is 0 Å². The van der Waals surface area contributed by atoms with Crippen LogP contribution >= 0.6 is 0 Å². The summed E-state index contributed by atoms with van der Waals surface area (Å²) in [7, 11) is 1.92. The number of anilines is 1. The molecule has 0 saturated heterocycles. The van der Waals surface area contributed by atoms with E-state index in [0.29, 0.717) is 0 Å². The second-order valence-electron chi connectivity index (χ2n) is 5.74. The van der Waals surface area contributed by atoms with Crippen molar-refractivity contribution in [2.75, 3.05) is 12.4 Å². The van der Waals surface area contributed by atoms with E-state index in [1.54, 1.807) is 0 Å². The highest BCUT2D eigenvalue weighted by Crippen LogP contribution is 2.31. The summed E-state index contributed by atoms with van der Waals surface area (Å²) >= 11 is 0. The average Bonchev–Trinajstić information content (AvgIpc) is 2.41. The van der Waals surface area contributed by atoms with E-state index >= 15 is 0 Å². The van der Waals surface area contributed by atoms with Gasteiger partial charge in [0.15, 0.2) is 0 Å². The summed E-state index contributed by atoms with van der Waals surface area (Å²) in [5, 5.41) is 3.20. The molecule has 0 amide bonds. The number of benzene rings is 1. The Morgan fingerprint density at radius 2 is 1.62 bits per heavy atom. The molecule has 0 aliphatic rings. The molecule has 2 aromatic rings. The van der Waals surface area contributed by atoms with E-state index in [9.17, 15) is 0 Å². The standard InChI is InChI=1S/C18H25N3/c1-7-8-15-20-17(14(5)18(19-6)21-15)16-12(3)9-11(2)10-13(16)4/h9-10H,7-8H2,1-6H3,(H,19,20,21). The van der Waals surface area contributed by atoms with Crippen LogP contribution < -0.4 is 5.32 Å². The fourth-order valence-corrected chi connectivity index (χ4v) is 2.94. The van der Waals surface area contributed by atoms with E-state index < -0.39 is 0 Å². The van der Waals surface area contributed by atoms with Gasteiger partial charge in [0.2, 0.25) is 0 Å². The lowest BCUT2D eigenvalue weighted by atomic mass is 9.95. The lowest BCUT2D eigenvalue weighted by molar-refractivity contribution is 0.834. The summed E-state index contributed by atoms with van der Waals surface area (Å²) in [6.45, 7) is 10.7. The van der Waals surface area contributed by atoms with E-state index in [1.165, 1.54) is 22.3 Å². The topological polar surface area (TPSA) is 37.8 Å². The molecule has 21 heavy (non-hydrogen) atoms. The van der Waals surface area contributed by atoms with Gasteiger partial charge in [0, 0.05) is 24.6 Å². The molecule has 1 aromatic heterocycles. The molecule has 1 aromatic carbocycles. The van der Waals surface area contributed by atoms with Crippen LogP contribution in [0.1, 0.15) is 41.4 Å². The molecule has 1 heterocycles. The second kappa shape index (κ2) is 6.25. The zero-order valence-corrected chi connectivity index (χ0v) is 14.0. The monoisotopic (exact) mass is 283 g/mol. The van der Waals surface area contributed by atoms with Gasteiger partial charge in [0.05, 0.1) is 5.69 Å². The molecule has 0 fully saturated rings. The summed E-state index contributed by atoms with van der Waals surface area (Å²) in [6, 6.07) is 4.45. The van der Waals surface area contributed by atoms with Crippen LogP contribution in [0.4, 0.5) is 5.82 Å². The van der Waals surface area contributed by atoms with Gasteiger partial charge >= 0.3 is 0 Å². The van der Waals surface area contributed by atoms with Crippen LogP contribution in [-0.4, -0.2) is 17.0 Å². The third kappa shape index (κ3) is 3.07. The SMILES string of the molecule is CCCc1nc(NC)c(C)c(-c2c(C)cc(C)cc2C)n1. The molecule has 2 rings (SSSR count). The van der Waals surface area contributed by atoms with Gasteiger partial charge in [-0.3, -0.25) is 0 Å². The van der Waals surface area contributed by atoms with Crippen LogP contribution in [0.5, 0.6) is 0 Å². The van der Waals surface area contributed by atoms with Crippen LogP contribution in [0, 0.1) is 27.7 Å². The Morgan fingerprint density at radius 3 is 2.14 bits per heavy atom. The molecule has 0 unspecified atom stereocenters. The Kier molecular flexibility index (Phi) is 4.61. The predicted molar refractivity (Wildman–Crippen MR) is 90.0 cm³/mol. The fraction of sp³-hybridized carbons (Fsp3) is 0.444. The zero-order chi connectivity index (χ0) is 15.6. The van der Waals surface area contributed by atoms with Crippen LogP contribution in [-0.2, 0) is 6.42 Å². The van der Waals surface area contributed by atoms with Gasteiger partial charge in [-0.2, -0.15) is 0 Å². The highest BCUT2D eigenvalue weighted by molar-refractivity contribution is 5.74. The molecule has 1 N–H and O–H groups in total. The van der Waals surface area contributed by atoms with Gasteiger partial charge < -0.3 is 5.32 Å². The van der Waals surface area contributed by atoms with Gasteiger partial charge in [-0.05, 0) is 45.2 Å². The molecular formula is C18H25N3. The van der Waals surface area contributed by atoms with Crippen molar-refractivity contribution in [2.24, 2.45) is 0 Å². The molecule has 0 aliphatic heterocycles. The van der Waals surface area contributed by atoms with E-state index in [4.69, 9.17) is 4.98 Å². The minimum Gasteiger partial charge on any atom is -0.373 e. The highest BCUT2D eigenvalue weighted by atomic mass is 15.0. The zero-order valence-electron chi connectivity index (χ0n) is 14.0. The Labute approximate surface area is 127 Å². The van der Waals surface area contributed by atoms with Crippen LogP contribution in [0.15, 0.2) is 12.1 Å². The Bertz CT molecular complexity index is 637. The van der Waals surface area contributed by atoms with Crippen LogP contribution in [0.25, 0.3) is 11.3 Å². The second-order valence-corrected chi connectivity index (χ2v) is 5.74. The lowest BCUT2D eigenvalue weighted by Gasteiger charge is -2.16. The fourth-order valence-electron chi connectivity index (χ4n) is 2.94. The maximum absolute atomic E-state index is 4.84. The number of nitrogens with zero attached hydrogens (tertiary/aromatic N) is 2. The summed E-state index contributed by atoms with van der Waals surface area (Å²) < 4.78 is 0. The Morgan fingerprint density at radius 1 is 1.00 bits per heavy atom. The van der Waals surface area contributed by atoms with Gasteiger partial charge in [0.25, 0.3) is 0 Å². The molecule has 0 spiro atoms.